The van der Waals surface area contributed by atoms with Crippen LogP contribution in [0.3, 0.4) is 0 Å². The SMILES string of the molecule is CN(C(=O)OCC1c2ccccc2-c2ccccc21)[C@H](Cc1ccc(OCc2ccccc2)cc1)C(=O)O. The van der Waals surface area contributed by atoms with Crippen LogP contribution < -0.4 is 4.74 Å². The summed E-state index contributed by atoms with van der Waals surface area (Å²) in [7, 11) is 1.47. The molecule has 1 aliphatic carbocycles. The zero-order valence-corrected chi connectivity index (χ0v) is 21.1. The molecule has 4 aromatic carbocycles. The van der Waals surface area contributed by atoms with Gasteiger partial charge in [-0.05, 0) is 45.5 Å². The lowest BCUT2D eigenvalue weighted by Crippen LogP contribution is -2.44. The summed E-state index contributed by atoms with van der Waals surface area (Å²) in [6, 6.07) is 32.2. The second-order valence-electron chi connectivity index (χ2n) is 9.39. The Bertz CT molecular complexity index is 1370. The van der Waals surface area contributed by atoms with Crippen molar-refractivity contribution in [1.82, 2.24) is 4.90 Å². The first-order chi connectivity index (χ1) is 18.5. The molecule has 0 aromatic heterocycles. The zero-order chi connectivity index (χ0) is 26.5. The standard InChI is InChI=1S/C32H29NO5/c1-33(32(36)38-21-29-27-13-7-5-11-25(27)26-12-6-8-14-28(26)29)30(31(34)35)19-22-15-17-24(18-16-22)37-20-23-9-3-2-4-10-23/h2-18,29-30H,19-21H2,1H3,(H,34,35)/t30-/m1/s1. The lowest BCUT2D eigenvalue weighted by molar-refractivity contribution is -0.142. The fraction of sp³-hybridized carbons (Fsp3) is 0.188. The van der Waals surface area contributed by atoms with Gasteiger partial charge in [0.05, 0.1) is 0 Å². The lowest BCUT2D eigenvalue weighted by Gasteiger charge is -2.25. The Labute approximate surface area is 222 Å². The van der Waals surface area contributed by atoms with Crippen molar-refractivity contribution in [3.05, 3.63) is 125 Å². The summed E-state index contributed by atoms with van der Waals surface area (Å²) in [5.74, 6) is -0.494. The van der Waals surface area contributed by atoms with Gasteiger partial charge in [-0.2, -0.15) is 0 Å². The second kappa shape index (κ2) is 11.2. The minimum Gasteiger partial charge on any atom is -0.489 e. The van der Waals surface area contributed by atoms with Gasteiger partial charge in [0, 0.05) is 19.4 Å². The molecule has 0 saturated heterocycles. The minimum atomic E-state index is -1.09. The smallest absolute Gasteiger partial charge is 0.410 e. The minimum absolute atomic E-state index is 0.0912. The van der Waals surface area contributed by atoms with E-state index in [0.29, 0.717) is 12.4 Å². The number of amides is 1. The summed E-state index contributed by atoms with van der Waals surface area (Å²) in [6.45, 7) is 0.583. The van der Waals surface area contributed by atoms with Gasteiger partial charge in [-0.3, -0.25) is 4.90 Å². The molecule has 0 fully saturated rings. The zero-order valence-electron chi connectivity index (χ0n) is 21.1. The van der Waals surface area contributed by atoms with Crippen molar-refractivity contribution in [3.8, 4) is 16.9 Å². The van der Waals surface area contributed by atoms with Crippen LogP contribution in [0.1, 0.15) is 28.2 Å². The van der Waals surface area contributed by atoms with Crippen molar-refractivity contribution < 1.29 is 24.2 Å². The fourth-order valence-corrected chi connectivity index (χ4v) is 4.90. The third-order valence-corrected chi connectivity index (χ3v) is 6.98. The summed E-state index contributed by atoms with van der Waals surface area (Å²) in [6.07, 6.45) is -0.517. The van der Waals surface area contributed by atoms with Crippen molar-refractivity contribution in [1.29, 1.82) is 0 Å². The van der Waals surface area contributed by atoms with Crippen molar-refractivity contribution in [2.45, 2.75) is 25.0 Å². The monoisotopic (exact) mass is 507 g/mol. The largest absolute Gasteiger partial charge is 0.489 e. The number of carboxylic acids is 1. The molecule has 1 amide bonds. The van der Waals surface area contributed by atoms with E-state index in [1.54, 1.807) is 0 Å². The van der Waals surface area contributed by atoms with Crippen LogP contribution in [0, 0.1) is 0 Å². The van der Waals surface area contributed by atoms with Gasteiger partial charge in [-0.1, -0.05) is 91.0 Å². The third-order valence-electron chi connectivity index (χ3n) is 6.98. The van der Waals surface area contributed by atoms with Crippen LogP contribution in [0.5, 0.6) is 5.75 Å². The molecule has 0 unspecified atom stereocenters. The van der Waals surface area contributed by atoms with E-state index in [1.165, 1.54) is 7.05 Å². The first-order valence-corrected chi connectivity index (χ1v) is 12.6. The molecule has 0 bridgehead atoms. The Morgan fingerprint density at radius 1 is 0.789 bits per heavy atom. The molecule has 192 valence electrons. The topological polar surface area (TPSA) is 76.1 Å². The first-order valence-electron chi connectivity index (χ1n) is 12.6. The highest BCUT2D eigenvalue weighted by Gasteiger charge is 2.32. The van der Waals surface area contributed by atoms with E-state index in [2.05, 4.69) is 12.1 Å². The average Bonchev–Trinajstić information content (AvgIpc) is 3.27. The Kier molecular flexibility index (Phi) is 7.40. The van der Waals surface area contributed by atoms with Crippen LogP contribution in [0.2, 0.25) is 0 Å². The number of aliphatic carboxylic acids is 1. The second-order valence-corrected chi connectivity index (χ2v) is 9.39. The molecule has 0 spiro atoms. The molecule has 1 aliphatic rings. The Balaban J connectivity index is 1.21. The number of fused-ring (bicyclic) bond motifs is 3. The maximum Gasteiger partial charge on any atom is 0.410 e. The maximum absolute atomic E-state index is 13.0. The van der Waals surface area contributed by atoms with E-state index < -0.39 is 18.1 Å². The summed E-state index contributed by atoms with van der Waals surface area (Å²) in [5, 5.41) is 9.88. The molecule has 5 rings (SSSR count). The number of hydrogen-bond donors (Lipinski definition) is 1. The van der Waals surface area contributed by atoms with Gasteiger partial charge in [-0.15, -0.1) is 0 Å². The molecular formula is C32H29NO5. The van der Waals surface area contributed by atoms with Gasteiger partial charge in [0.2, 0.25) is 0 Å². The molecule has 0 heterocycles. The number of rotatable bonds is 9. The highest BCUT2D eigenvalue weighted by molar-refractivity contribution is 5.81. The summed E-state index contributed by atoms with van der Waals surface area (Å²) >= 11 is 0. The van der Waals surface area contributed by atoms with Crippen LogP contribution in [-0.4, -0.2) is 41.8 Å². The Morgan fingerprint density at radius 3 is 1.97 bits per heavy atom. The van der Waals surface area contributed by atoms with Crippen molar-refractivity contribution in [2.24, 2.45) is 0 Å². The van der Waals surface area contributed by atoms with Crippen LogP contribution >= 0.6 is 0 Å². The van der Waals surface area contributed by atoms with E-state index in [0.717, 1.165) is 38.3 Å². The van der Waals surface area contributed by atoms with E-state index >= 15 is 0 Å². The molecule has 6 nitrogen and oxygen atoms in total. The van der Waals surface area contributed by atoms with Crippen LogP contribution in [0.4, 0.5) is 4.79 Å². The molecule has 0 radical (unpaired) electrons. The number of benzene rings is 4. The van der Waals surface area contributed by atoms with E-state index in [4.69, 9.17) is 9.47 Å². The van der Waals surface area contributed by atoms with Gasteiger partial charge in [0.15, 0.2) is 0 Å². The molecule has 0 aliphatic heterocycles. The molecule has 38 heavy (non-hydrogen) atoms. The van der Waals surface area contributed by atoms with E-state index in [1.807, 2.05) is 91.0 Å². The molecule has 1 N–H and O–H groups in total. The normalized spacial score (nSPS) is 12.8. The molecular weight excluding hydrogens is 478 g/mol. The molecule has 0 saturated carbocycles. The van der Waals surface area contributed by atoms with Gasteiger partial charge in [0.1, 0.15) is 25.0 Å². The van der Waals surface area contributed by atoms with Crippen molar-refractivity contribution in [3.63, 3.8) is 0 Å². The lowest BCUT2D eigenvalue weighted by atomic mass is 9.98. The van der Waals surface area contributed by atoms with Gasteiger partial charge >= 0.3 is 12.1 Å². The number of likely N-dealkylation sites (N-methyl/N-ethyl adjacent to an activating group) is 1. The quantitative estimate of drug-likeness (QED) is 0.294. The van der Waals surface area contributed by atoms with Crippen molar-refractivity contribution >= 4 is 12.1 Å². The number of nitrogens with zero attached hydrogens (tertiary/aromatic N) is 1. The predicted octanol–water partition coefficient (Wildman–Crippen LogP) is 6.14. The van der Waals surface area contributed by atoms with Gasteiger partial charge in [0.25, 0.3) is 0 Å². The predicted molar refractivity (Wildman–Crippen MR) is 145 cm³/mol. The number of carbonyl (C=O) groups excluding carboxylic acids is 1. The van der Waals surface area contributed by atoms with Crippen LogP contribution in [0.25, 0.3) is 11.1 Å². The van der Waals surface area contributed by atoms with E-state index in [-0.39, 0.29) is 18.9 Å². The Hall–Kier alpha value is -4.58. The van der Waals surface area contributed by atoms with Gasteiger partial charge in [-0.25, -0.2) is 9.59 Å². The maximum atomic E-state index is 13.0. The summed E-state index contributed by atoms with van der Waals surface area (Å²) in [5.41, 5.74) is 6.33. The summed E-state index contributed by atoms with van der Waals surface area (Å²) < 4.78 is 11.5. The number of carbonyl (C=O) groups is 2. The van der Waals surface area contributed by atoms with Crippen LogP contribution in [0.15, 0.2) is 103 Å². The van der Waals surface area contributed by atoms with Crippen molar-refractivity contribution in [2.75, 3.05) is 13.7 Å². The number of ether oxygens (including phenoxy) is 2. The van der Waals surface area contributed by atoms with Crippen LogP contribution in [-0.2, 0) is 22.6 Å². The Morgan fingerprint density at radius 2 is 1.37 bits per heavy atom. The number of carboxylic acid groups (broad SMARTS) is 1. The molecule has 6 heteroatoms. The highest BCUT2D eigenvalue weighted by Crippen LogP contribution is 2.44. The van der Waals surface area contributed by atoms with Gasteiger partial charge < -0.3 is 14.6 Å². The number of hydrogen-bond acceptors (Lipinski definition) is 4. The highest BCUT2D eigenvalue weighted by atomic mass is 16.6. The third kappa shape index (κ3) is 5.39. The fourth-order valence-electron chi connectivity index (χ4n) is 4.90. The average molecular weight is 508 g/mol. The molecule has 1 atom stereocenters. The van der Waals surface area contributed by atoms with E-state index in [9.17, 15) is 14.7 Å². The first kappa shape index (κ1) is 25.1. The summed E-state index contributed by atoms with van der Waals surface area (Å²) in [4.78, 5) is 26.2. The molecule has 4 aromatic rings.